The van der Waals surface area contributed by atoms with Gasteiger partial charge in [0, 0.05) is 56.3 Å². The van der Waals surface area contributed by atoms with Gasteiger partial charge in [-0.1, -0.05) is 84.0 Å². The van der Waals surface area contributed by atoms with E-state index in [0.717, 1.165) is 16.7 Å². The van der Waals surface area contributed by atoms with Gasteiger partial charge in [-0.25, -0.2) is 14.8 Å². The molecule has 0 spiro atoms. The van der Waals surface area contributed by atoms with Crippen LogP contribution in [0.3, 0.4) is 0 Å². The molecule has 15 nitrogen and oxygen atoms in total. The van der Waals surface area contributed by atoms with Crippen molar-refractivity contribution in [1.82, 2.24) is 9.97 Å². The van der Waals surface area contributed by atoms with Gasteiger partial charge in [0.2, 0.25) is 5.89 Å². The smallest absolute Gasteiger partial charge is 0.330 e. The molecule has 0 aromatic carbocycles. The van der Waals surface area contributed by atoms with Gasteiger partial charge in [-0.05, 0) is 87.4 Å². The second-order valence-electron chi connectivity index (χ2n) is 19.9. The Hall–Kier alpha value is -3.81. The molecule has 4 fully saturated rings. The van der Waals surface area contributed by atoms with Crippen molar-refractivity contribution >= 4 is 34.1 Å². The zero-order valence-electron chi connectivity index (χ0n) is 40.2. The van der Waals surface area contributed by atoms with E-state index >= 15 is 0 Å². The molecule has 5 N–H and O–H groups in total. The maximum atomic E-state index is 13.5. The van der Waals surface area contributed by atoms with Gasteiger partial charge in [-0.2, -0.15) is 0 Å². The SMILES string of the molecule is C=C1C[C@@H]2C[C@@H]3C[C@@H](O)C[C@@H](O3)c3coc(n3)C=CC[C@H]3O[C@@H](C(C)=Cc4coc(C[C@]5(O)C[C@H](CO)C[C@H]([C@H](O)C=C(C)C=C[C@H](CO)CC=CBr)O5)n4)[C@H](C)[C@@H](OC(=O)C=CC[C@@H](C1)O2)[C@H]3C. The van der Waals surface area contributed by atoms with E-state index in [1.54, 1.807) is 23.4 Å². The van der Waals surface area contributed by atoms with Crippen molar-refractivity contribution in [3.05, 3.63) is 107 Å². The third-order valence-electron chi connectivity index (χ3n) is 14.0. The number of fused-ring (bicyclic) bond motifs is 9. The first-order chi connectivity index (χ1) is 33.1. The molecule has 0 saturated carbocycles. The lowest BCUT2D eigenvalue weighted by molar-refractivity contribution is -0.279. The average Bonchev–Trinajstić information content (AvgIpc) is 3.96. The number of carbonyl (C=O) groups is 1. The number of allylic oxidation sites excluding steroid dienone is 3. The van der Waals surface area contributed by atoms with Gasteiger partial charge < -0.3 is 58.1 Å². The first-order valence-electron chi connectivity index (χ1n) is 24.4. The maximum Gasteiger partial charge on any atom is 0.330 e. The number of aliphatic hydroxyl groups excluding tert-OH is 4. The number of rotatable bonds is 12. The van der Waals surface area contributed by atoms with E-state index in [9.17, 15) is 30.3 Å². The molecule has 0 radical (unpaired) electrons. The van der Waals surface area contributed by atoms with E-state index in [1.807, 2.05) is 64.2 Å². The van der Waals surface area contributed by atoms with Crippen LogP contribution in [0.2, 0.25) is 0 Å². The maximum absolute atomic E-state index is 13.5. The fraction of sp³-hybridized carbons (Fsp3) is 0.604. The summed E-state index contributed by atoms with van der Waals surface area (Å²) in [5, 5.41) is 53.7. The van der Waals surface area contributed by atoms with Gasteiger partial charge in [0.05, 0.1) is 55.3 Å². The lowest BCUT2D eigenvalue weighted by Gasteiger charge is -2.44. The van der Waals surface area contributed by atoms with E-state index in [-0.39, 0.29) is 80.0 Å². The highest BCUT2D eigenvalue weighted by atomic mass is 79.9. The standard InChI is InChI=1S/C53H71BrN2O13/c1-31(14-15-36(27-57)9-8-16-54)19-44(60)47-21-37(28-58)25-53(62,69-47)26-49-55-38(29-63-49)20-33(3)51-35(5)52-34(4)45(67-51)11-7-12-48-56-43(30-64-48)46-23-39(59)22-42(66-46)24-41-18-32(2)17-40(65-41)10-6-13-50(61)68-52/h6-8,12-16,19-20,29-30,34-37,39-42,44-47,51-52,57-60,62H,2,9-11,17-18,21-28H2,1,3-5H3/t34-,35-,36+,37+,39+,40-,41+,42-,44+,45+,46+,47+,51-,52-,53-/m0/s1. The molecule has 7 heterocycles. The second-order valence-corrected chi connectivity index (χ2v) is 20.4. The van der Waals surface area contributed by atoms with Crippen molar-refractivity contribution in [2.45, 2.75) is 165 Å². The fourth-order valence-corrected chi connectivity index (χ4v) is 10.7. The summed E-state index contributed by atoms with van der Waals surface area (Å²) in [5.74, 6) is -2.50. The molecule has 69 heavy (non-hydrogen) atoms. The molecule has 0 unspecified atom stereocenters. The molecule has 7 rings (SSSR count). The Morgan fingerprint density at radius 2 is 1.77 bits per heavy atom. The Balaban J connectivity index is 1.06. The molecule has 8 bridgehead atoms. The number of ether oxygens (including phenoxy) is 5. The zero-order chi connectivity index (χ0) is 49.2. The molecule has 5 aliphatic heterocycles. The third kappa shape index (κ3) is 14.6. The number of hydrogen-bond acceptors (Lipinski definition) is 15. The highest BCUT2D eigenvalue weighted by Gasteiger charge is 2.45. The van der Waals surface area contributed by atoms with E-state index in [1.165, 1.54) is 12.3 Å². The largest absolute Gasteiger partial charge is 0.458 e. The van der Waals surface area contributed by atoms with Crippen molar-refractivity contribution < 1.29 is 62.8 Å². The molecule has 15 atom stereocenters. The predicted octanol–water partition coefficient (Wildman–Crippen LogP) is 7.94. The highest BCUT2D eigenvalue weighted by Crippen LogP contribution is 2.40. The van der Waals surface area contributed by atoms with Crippen molar-refractivity contribution in [1.29, 1.82) is 0 Å². The molecule has 2 aromatic rings. The second kappa shape index (κ2) is 24.5. The van der Waals surface area contributed by atoms with Gasteiger partial charge in [-0.3, -0.25) is 0 Å². The van der Waals surface area contributed by atoms with Crippen LogP contribution in [0.1, 0.15) is 121 Å². The lowest BCUT2D eigenvalue weighted by Crippen LogP contribution is -2.50. The van der Waals surface area contributed by atoms with Crippen molar-refractivity contribution in [3.8, 4) is 0 Å². The summed E-state index contributed by atoms with van der Waals surface area (Å²) in [6, 6.07) is 0. The van der Waals surface area contributed by atoms with Crippen LogP contribution in [0.25, 0.3) is 12.2 Å². The summed E-state index contributed by atoms with van der Waals surface area (Å²) in [6.07, 6.45) is 19.3. The summed E-state index contributed by atoms with van der Waals surface area (Å²) in [7, 11) is 0. The minimum Gasteiger partial charge on any atom is -0.458 e. The lowest BCUT2D eigenvalue weighted by atomic mass is 9.79. The summed E-state index contributed by atoms with van der Waals surface area (Å²) in [4.78, 5) is 24.7. The minimum atomic E-state index is -1.78. The zero-order valence-corrected chi connectivity index (χ0v) is 41.8. The van der Waals surface area contributed by atoms with Gasteiger partial charge in [0.15, 0.2) is 11.7 Å². The number of carbonyl (C=O) groups excluding carboxylic acids is 1. The Bertz CT molecular complexity index is 2210. The van der Waals surface area contributed by atoms with Gasteiger partial charge >= 0.3 is 5.97 Å². The van der Waals surface area contributed by atoms with E-state index < -0.39 is 48.4 Å². The molecule has 4 saturated heterocycles. The number of hydrogen-bond donors (Lipinski definition) is 5. The molecule has 2 aromatic heterocycles. The van der Waals surface area contributed by atoms with Crippen LogP contribution in [-0.2, 0) is 34.9 Å². The highest BCUT2D eigenvalue weighted by molar-refractivity contribution is 9.11. The topological polar surface area (TPSA) is 216 Å². The number of halogens is 1. The Morgan fingerprint density at radius 1 is 0.971 bits per heavy atom. The third-order valence-corrected chi connectivity index (χ3v) is 14.4. The summed E-state index contributed by atoms with van der Waals surface area (Å²) >= 11 is 3.25. The summed E-state index contributed by atoms with van der Waals surface area (Å²) in [6.45, 7) is 11.9. The molecular weight excluding hydrogens is 952 g/mol. The minimum absolute atomic E-state index is 0.0203. The first kappa shape index (κ1) is 53.0. The van der Waals surface area contributed by atoms with Crippen LogP contribution < -0.4 is 0 Å². The summed E-state index contributed by atoms with van der Waals surface area (Å²) in [5.41, 5.74) is 3.75. The van der Waals surface area contributed by atoms with Gasteiger partial charge in [0.1, 0.15) is 36.1 Å². The number of nitrogens with zero attached hydrogens (tertiary/aromatic N) is 2. The van der Waals surface area contributed by atoms with Crippen molar-refractivity contribution in [2.75, 3.05) is 13.2 Å². The van der Waals surface area contributed by atoms with Crippen molar-refractivity contribution in [2.24, 2.45) is 23.7 Å². The fourth-order valence-electron chi connectivity index (χ4n) is 10.5. The molecule has 16 heteroatoms. The van der Waals surface area contributed by atoms with Crippen LogP contribution in [-0.4, -0.2) is 115 Å². The Kier molecular flexibility index (Phi) is 18.9. The first-order valence-corrected chi connectivity index (χ1v) is 25.4. The molecule has 378 valence electrons. The van der Waals surface area contributed by atoms with Crippen LogP contribution in [0, 0.1) is 23.7 Å². The van der Waals surface area contributed by atoms with Crippen LogP contribution in [0.15, 0.2) is 92.2 Å². The quantitative estimate of drug-likeness (QED) is 0.0775. The van der Waals surface area contributed by atoms with E-state index in [0.29, 0.717) is 75.1 Å². The van der Waals surface area contributed by atoms with Crippen LogP contribution >= 0.6 is 15.9 Å². The number of esters is 1. The normalized spacial score (nSPS) is 35.2. The van der Waals surface area contributed by atoms with E-state index in [4.69, 9.17) is 37.5 Å². The summed E-state index contributed by atoms with van der Waals surface area (Å²) < 4.78 is 43.9. The molecular formula is C53H71BrN2O13. The molecule has 0 aliphatic carbocycles. The van der Waals surface area contributed by atoms with Crippen molar-refractivity contribution in [3.63, 3.8) is 0 Å². The monoisotopic (exact) mass is 1020 g/mol. The molecule has 0 amide bonds. The number of aromatic nitrogens is 2. The number of oxazole rings is 2. The predicted molar refractivity (Wildman–Crippen MR) is 261 cm³/mol. The Morgan fingerprint density at radius 3 is 2.55 bits per heavy atom. The van der Waals surface area contributed by atoms with Crippen LogP contribution in [0.5, 0.6) is 0 Å². The Labute approximate surface area is 413 Å². The number of aliphatic hydroxyl groups is 5. The molecule has 5 aliphatic rings. The van der Waals surface area contributed by atoms with Crippen LogP contribution in [0.4, 0.5) is 0 Å². The van der Waals surface area contributed by atoms with Gasteiger partial charge in [-0.15, -0.1) is 0 Å². The van der Waals surface area contributed by atoms with E-state index in [2.05, 4.69) is 27.5 Å². The van der Waals surface area contributed by atoms with Gasteiger partial charge in [0.25, 0.3) is 0 Å². The average molecular weight is 1020 g/mol.